The molecule has 0 radical (unpaired) electrons. The summed E-state index contributed by atoms with van der Waals surface area (Å²) in [6.07, 6.45) is -3.49. The van der Waals surface area contributed by atoms with E-state index in [0.29, 0.717) is 11.8 Å². The molecule has 1 aliphatic carbocycles. The minimum absolute atomic E-state index is 0.0702. The lowest BCUT2D eigenvalue weighted by molar-refractivity contribution is -0.142. The number of hydrogen-bond donors (Lipinski definition) is 1. The Kier molecular flexibility index (Phi) is 6.11. The molecule has 0 aliphatic heterocycles. The van der Waals surface area contributed by atoms with Crippen LogP contribution in [0.15, 0.2) is 22.7 Å². The first kappa shape index (κ1) is 21.5. The summed E-state index contributed by atoms with van der Waals surface area (Å²) in [6.45, 7) is -3.38. The molecule has 1 aliphatic rings. The maximum atomic E-state index is 13.2. The summed E-state index contributed by atoms with van der Waals surface area (Å²) < 4.78 is 82.6. The molecule has 0 atom stereocenters. The van der Waals surface area contributed by atoms with Gasteiger partial charge in [-0.3, -0.25) is 9.48 Å². The molecule has 0 saturated heterocycles. The van der Waals surface area contributed by atoms with Gasteiger partial charge < -0.3 is 10.1 Å². The van der Waals surface area contributed by atoms with E-state index in [-0.39, 0.29) is 29.0 Å². The first-order chi connectivity index (χ1) is 13.6. The van der Waals surface area contributed by atoms with E-state index in [2.05, 4.69) is 31.1 Å². The maximum Gasteiger partial charge on any atom is 0.436 e. The van der Waals surface area contributed by atoms with E-state index >= 15 is 0 Å². The number of alkyl halides is 5. The van der Waals surface area contributed by atoms with Crippen LogP contribution in [0.2, 0.25) is 0 Å². The van der Waals surface area contributed by atoms with Gasteiger partial charge in [0.15, 0.2) is 11.4 Å². The highest BCUT2D eigenvalue weighted by Crippen LogP contribution is 2.47. The van der Waals surface area contributed by atoms with E-state index in [9.17, 15) is 31.1 Å². The van der Waals surface area contributed by atoms with Crippen molar-refractivity contribution in [2.24, 2.45) is 0 Å². The van der Waals surface area contributed by atoms with E-state index in [0.717, 1.165) is 29.7 Å². The Balaban J connectivity index is 1.72. The number of ether oxygens (including phenoxy) is 1. The number of amides is 1. The van der Waals surface area contributed by atoms with Crippen molar-refractivity contribution in [2.45, 2.75) is 44.5 Å². The van der Waals surface area contributed by atoms with Crippen molar-refractivity contribution >= 4 is 27.5 Å². The second kappa shape index (κ2) is 8.25. The lowest BCUT2D eigenvalue weighted by Crippen LogP contribution is -2.17. The fraction of sp³-hybridized carbons (Fsp3) is 0.412. The molecule has 0 spiro atoms. The summed E-state index contributed by atoms with van der Waals surface area (Å²) in [6, 6.07) is 2.68. The molecule has 1 amide bonds. The Hall–Kier alpha value is -2.24. The van der Waals surface area contributed by atoms with Crippen LogP contribution in [0.5, 0.6) is 5.75 Å². The molecule has 1 fully saturated rings. The van der Waals surface area contributed by atoms with Gasteiger partial charge in [0.1, 0.15) is 5.82 Å². The third-order valence-electron chi connectivity index (χ3n) is 4.15. The number of nitrogens with one attached hydrogen (secondary N) is 1. The summed E-state index contributed by atoms with van der Waals surface area (Å²) in [4.78, 5) is 12.2. The van der Waals surface area contributed by atoms with E-state index < -0.39 is 36.0 Å². The van der Waals surface area contributed by atoms with Gasteiger partial charge in [0.25, 0.3) is 0 Å². The first-order valence-electron chi connectivity index (χ1n) is 8.44. The fourth-order valence-electron chi connectivity index (χ4n) is 2.76. The van der Waals surface area contributed by atoms with Crippen molar-refractivity contribution in [1.29, 1.82) is 0 Å². The lowest BCUT2D eigenvalue weighted by Gasteiger charge is -2.12. The smallest absolute Gasteiger partial charge is 0.432 e. The van der Waals surface area contributed by atoms with Gasteiger partial charge in [-0.25, -0.2) is 4.39 Å². The number of benzene rings is 1. The summed E-state index contributed by atoms with van der Waals surface area (Å²) >= 11 is 2.95. The molecular formula is C17H14BrF6N3O2. The van der Waals surface area contributed by atoms with Crippen molar-refractivity contribution in [3.8, 4) is 5.75 Å². The van der Waals surface area contributed by atoms with Crippen LogP contribution in [0, 0.1) is 5.82 Å². The number of aromatic nitrogens is 2. The number of anilines is 1. The highest BCUT2D eigenvalue weighted by atomic mass is 79.9. The van der Waals surface area contributed by atoms with Crippen LogP contribution in [0.4, 0.5) is 32.0 Å². The third-order valence-corrected chi connectivity index (χ3v) is 4.93. The lowest BCUT2D eigenvalue weighted by atomic mass is 10.2. The summed E-state index contributed by atoms with van der Waals surface area (Å²) in [5.41, 5.74) is -0.878. The van der Waals surface area contributed by atoms with Crippen LogP contribution in [-0.2, 0) is 17.5 Å². The third kappa shape index (κ3) is 5.22. The monoisotopic (exact) mass is 485 g/mol. The van der Waals surface area contributed by atoms with Crippen LogP contribution in [0.3, 0.4) is 0 Å². The van der Waals surface area contributed by atoms with Crippen molar-refractivity contribution < 1.29 is 35.9 Å². The average molecular weight is 486 g/mol. The molecule has 0 unspecified atom stereocenters. The average Bonchev–Trinajstić information content (AvgIpc) is 3.37. The summed E-state index contributed by atoms with van der Waals surface area (Å²) in [5, 5.41) is 5.87. The molecule has 158 valence electrons. The Morgan fingerprint density at radius 1 is 1.34 bits per heavy atom. The summed E-state index contributed by atoms with van der Waals surface area (Å²) in [7, 11) is 0. The van der Waals surface area contributed by atoms with Crippen LogP contribution in [0.1, 0.15) is 36.6 Å². The Bertz CT molecular complexity index is 911. The number of nitrogens with zero attached hydrogens (tertiary/aromatic N) is 2. The topological polar surface area (TPSA) is 56.2 Å². The van der Waals surface area contributed by atoms with Crippen LogP contribution in [-0.4, -0.2) is 22.3 Å². The van der Waals surface area contributed by atoms with Gasteiger partial charge in [-0.05, 0) is 40.9 Å². The van der Waals surface area contributed by atoms with Crippen molar-refractivity contribution in [1.82, 2.24) is 9.78 Å². The predicted octanol–water partition coefficient (Wildman–Crippen LogP) is 5.31. The van der Waals surface area contributed by atoms with Gasteiger partial charge in [0, 0.05) is 18.4 Å². The van der Waals surface area contributed by atoms with Gasteiger partial charge in [-0.15, -0.1) is 0 Å². The SMILES string of the molecule is O=C(CCn1nc(C(F)(F)F)c(Br)c1C1CC1)Nc1ccc(F)cc1OC(F)F. The van der Waals surface area contributed by atoms with E-state index in [4.69, 9.17) is 0 Å². The summed E-state index contributed by atoms with van der Waals surface area (Å²) in [5.74, 6) is -2.15. The Morgan fingerprint density at radius 2 is 2.03 bits per heavy atom. The highest BCUT2D eigenvalue weighted by molar-refractivity contribution is 9.10. The number of carbonyl (C=O) groups excluding carboxylic acids is 1. The molecule has 1 aromatic carbocycles. The molecule has 12 heteroatoms. The van der Waals surface area contributed by atoms with Gasteiger partial charge in [0.05, 0.1) is 22.4 Å². The molecular weight excluding hydrogens is 472 g/mol. The number of halogens is 7. The van der Waals surface area contributed by atoms with Crippen LogP contribution >= 0.6 is 15.9 Å². The molecule has 1 aromatic heterocycles. The van der Waals surface area contributed by atoms with E-state index in [1.54, 1.807) is 0 Å². The second-order valence-electron chi connectivity index (χ2n) is 6.36. The number of aryl methyl sites for hydroxylation is 1. The predicted molar refractivity (Wildman–Crippen MR) is 93.2 cm³/mol. The van der Waals surface area contributed by atoms with E-state index in [1.807, 2.05) is 0 Å². The molecule has 5 nitrogen and oxygen atoms in total. The number of rotatable bonds is 7. The standard InChI is InChI=1S/C17H14BrF6N3O2/c18-13-14(8-1-2-8)27(26-15(13)17(22,23)24)6-5-12(28)25-10-4-3-9(19)7-11(10)29-16(20)21/h3-4,7-8,16H,1-2,5-6H2,(H,25,28). The molecule has 2 aromatic rings. The molecule has 0 bridgehead atoms. The van der Waals surface area contributed by atoms with Gasteiger partial charge in [-0.2, -0.15) is 27.1 Å². The Labute approximate surface area is 169 Å². The molecule has 1 heterocycles. The largest absolute Gasteiger partial charge is 0.436 e. The number of hydrogen-bond acceptors (Lipinski definition) is 3. The maximum absolute atomic E-state index is 13.2. The van der Waals surface area contributed by atoms with Gasteiger partial charge in [0.2, 0.25) is 5.91 Å². The minimum atomic E-state index is -4.65. The zero-order valence-corrected chi connectivity index (χ0v) is 16.2. The van der Waals surface area contributed by atoms with Gasteiger partial charge in [-0.1, -0.05) is 0 Å². The quantitative estimate of drug-likeness (QED) is 0.540. The second-order valence-corrected chi connectivity index (χ2v) is 7.15. The zero-order valence-electron chi connectivity index (χ0n) is 14.6. The van der Waals surface area contributed by atoms with E-state index in [1.165, 1.54) is 0 Å². The Morgan fingerprint density at radius 3 is 2.62 bits per heavy atom. The number of carbonyl (C=O) groups is 1. The molecule has 29 heavy (non-hydrogen) atoms. The molecule has 1 saturated carbocycles. The van der Waals surface area contributed by atoms with Crippen LogP contribution in [0.25, 0.3) is 0 Å². The van der Waals surface area contributed by atoms with Crippen molar-refractivity contribution in [3.05, 3.63) is 39.9 Å². The van der Waals surface area contributed by atoms with Crippen molar-refractivity contribution in [3.63, 3.8) is 0 Å². The zero-order chi connectivity index (χ0) is 21.3. The van der Waals surface area contributed by atoms with Crippen molar-refractivity contribution in [2.75, 3.05) is 5.32 Å². The molecule has 1 N–H and O–H groups in total. The minimum Gasteiger partial charge on any atom is -0.432 e. The normalized spacial score (nSPS) is 14.3. The molecule has 3 rings (SSSR count). The van der Waals surface area contributed by atoms with Crippen LogP contribution < -0.4 is 10.1 Å². The fourth-order valence-corrected chi connectivity index (χ4v) is 3.60. The van der Waals surface area contributed by atoms with Gasteiger partial charge >= 0.3 is 12.8 Å². The highest BCUT2D eigenvalue weighted by Gasteiger charge is 2.41. The first-order valence-corrected chi connectivity index (χ1v) is 9.23.